The first-order chi connectivity index (χ1) is 11.5. The van der Waals surface area contributed by atoms with Gasteiger partial charge in [-0.15, -0.1) is 0 Å². The van der Waals surface area contributed by atoms with Gasteiger partial charge in [0.05, 0.1) is 17.4 Å². The molecule has 0 atom stereocenters. The van der Waals surface area contributed by atoms with Crippen molar-refractivity contribution in [2.24, 2.45) is 7.05 Å². The van der Waals surface area contributed by atoms with Gasteiger partial charge in [-0.1, -0.05) is 12.1 Å². The van der Waals surface area contributed by atoms with E-state index in [-0.39, 0.29) is 0 Å². The third-order valence-corrected chi connectivity index (χ3v) is 4.44. The summed E-state index contributed by atoms with van der Waals surface area (Å²) in [7, 11) is 1.91. The van der Waals surface area contributed by atoms with Crippen molar-refractivity contribution in [1.29, 1.82) is 0 Å². The van der Waals surface area contributed by atoms with E-state index in [0.717, 1.165) is 33.5 Å². The number of nitrogens with zero attached hydrogens (tertiary/aromatic N) is 5. The highest BCUT2D eigenvalue weighted by Crippen LogP contribution is 2.30. The van der Waals surface area contributed by atoms with Crippen LogP contribution in [0.25, 0.3) is 28.0 Å². The first-order valence-electron chi connectivity index (χ1n) is 7.95. The lowest BCUT2D eigenvalue weighted by molar-refractivity contribution is 0.768. The summed E-state index contributed by atoms with van der Waals surface area (Å²) in [6.07, 6.45) is 5.69. The Balaban J connectivity index is 2.06. The summed E-state index contributed by atoms with van der Waals surface area (Å²) in [6, 6.07) is 8.43. The molecule has 0 aliphatic heterocycles. The maximum absolute atomic E-state index is 4.89. The topological polar surface area (TPSA) is 48.5 Å². The van der Waals surface area contributed by atoms with Crippen LogP contribution in [0, 0.1) is 20.8 Å². The van der Waals surface area contributed by atoms with Crippen LogP contribution in [0.4, 0.5) is 0 Å². The van der Waals surface area contributed by atoms with Crippen LogP contribution in [0.3, 0.4) is 0 Å². The van der Waals surface area contributed by atoms with Crippen LogP contribution in [0.2, 0.25) is 0 Å². The maximum Gasteiger partial charge on any atom is 0.122 e. The molecule has 0 saturated heterocycles. The Labute approximate surface area is 140 Å². The van der Waals surface area contributed by atoms with Crippen molar-refractivity contribution in [1.82, 2.24) is 24.5 Å². The molecule has 0 fully saturated rings. The first kappa shape index (κ1) is 14.6. The lowest BCUT2D eigenvalue weighted by Gasteiger charge is -2.09. The summed E-state index contributed by atoms with van der Waals surface area (Å²) in [5.74, 6) is 0. The number of hydrogen-bond acceptors (Lipinski definition) is 3. The fourth-order valence-corrected chi connectivity index (χ4v) is 2.99. The zero-order chi connectivity index (χ0) is 16.8. The van der Waals surface area contributed by atoms with Crippen LogP contribution in [0.5, 0.6) is 0 Å². The number of pyridine rings is 1. The normalized spacial score (nSPS) is 11.3. The SMILES string of the molecule is Cc1cnc2c(-c3cnn(C)c3)nn(-c3cccc(C)c3C)c2c1. The Morgan fingerprint density at radius 1 is 1.04 bits per heavy atom. The molecule has 3 aromatic heterocycles. The van der Waals surface area contributed by atoms with Crippen LogP contribution in [-0.4, -0.2) is 24.5 Å². The molecule has 1 aromatic carbocycles. The van der Waals surface area contributed by atoms with Crippen LogP contribution in [0.1, 0.15) is 16.7 Å². The second-order valence-electron chi connectivity index (χ2n) is 6.26. The van der Waals surface area contributed by atoms with E-state index < -0.39 is 0 Å². The smallest absolute Gasteiger partial charge is 0.122 e. The van der Waals surface area contributed by atoms with Crippen LogP contribution in [-0.2, 0) is 7.05 Å². The zero-order valence-electron chi connectivity index (χ0n) is 14.3. The molecule has 4 aromatic rings. The van der Waals surface area contributed by atoms with E-state index in [9.17, 15) is 0 Å². The maximum atomic E-state index is 4.89. The third-order valence-electron chi connectivity index (χ3n) is 4.44. The van der Waals surface area contributed by atoms with E-state index in [2.05, 4.69) is 55.1 Å². The second-order valence-corrected chi connectivity index (χ2v) is 6.26. The average Bonchev–Trinajstić information content (AvgIpc) is 3.13. The third kappa shape index (κ3) is 2.21. The van der Waals surface area contributed by atoms with Gasteiger partial charge in [0.2, 0.25) is 0 Å². The van der Waals surface area contributed by atoms with Crippen molar-refractivity contribution in [3.63, 3.8) is 0 Å². The second kappa shape index (κ2) is 5.30. The van der Waals surface area contributed by atoms with Gasteiger partial charge < -0.3 is 0 Å². The molecule has 24 heavy (non-hydrogen) atoms. The number of rotatable bonds is 2. The van der Waals surface area contributed by atoms with E-state index in [1.807, 2.05) is 30.3 Å². The molecule has 0 unspecified atom stereocenters. The van der Waals surface area contributed by atoms with Crippen molar-refractivity contribution < 1.29 is 0 Å². The fourth-order valence-electron chi connectivity index (χ4n) is 2.99. The quantitative estimate of drug-likeness (QED) is 0.566. The Kier molecular flexibility index (Phi) is 3.23. The highest BCUT2D eigenvalue weighted by molar-refractivity contribution is 5.91. The van der Waals surface area contributed by atoms with Gasteiger partial charge in [-0.3, -0.25) is 9.67 Å². The summed E-state index contributed by atoms with van der Waals surface area (Å²) in [5, 5.41) is 9.16. The Morgan fingerprint density at radius 3 is 2.62 bits per heavy atom. The molecule has 0 saturated carbocycles. The molecule has 0 amide bonds. The van der Waals surface area contributed by atoms with Crippen molar-refractivity contribution in [2.75, 3.05) is 0 Å². The average molecular weight is 317 g/mol. The number of aryl methyl sites for hydroxylation is 3. The van der Waals surface area contributed by atoms with Gasteiger partial charge in [0.25, 0.3) is 0 Å². The fraction of sp³-hybridized carbons (Fsp3) is 0.211. The molecule has 0 aliphatic carbocycles. The van der Waals surface area contributed by atoms with Crippen molar-refractivity contribution in [2.45, 2.75) is 20.8 Å². The Morgan fingerprint density at radius 2 is 1.88 bits per heavy atom. The van der Waals surface area contributed by atoms with Gasteiger partial charge in [-0.05, 0) is 49.6 Å². The molecular weight excluding hydrogens is 298 g/mol. The molecule has 0 bridgehead atoms. The summed E-state index contributed by atoms with van der Waals surface area (Å²) >= 11 is 0. The predicted molar refractivity (Wildman–Crippen MR) is 95.3 cm³/mol. The van der Waals surface area contributed by atoms with Gasteiger partial charge in [0.15, 0.2) is 0 Å². The molecular formula is C19H19N5. The molecule has 120 valence electrons. The Hall–Kier alpha value is -2.95. The van der Waals surface area contributed by atoms with E-state index in [4.69, 9.17) is 5.10 Å². The molecule has 0 spiro atoms. The number of aromatic nitrogens is 5. The summed E-state index contributed by atoms with van der Waals surface area (Å²) < 4.78 is 3.78. The minimum absolute atomic E-state index is 0.860. The molecule has 5 heteroatoms. The summed E-state index contributed by atoms with van der Waals surface area (Å²) in [5.41, 5.74) is 8.43. The minimum Gasteiger partial charge on any atom is -0.275 e. The summed E-state index contributed by atoms with van der Waals surface area (Å²) in [6.45, 7) is 6.30. The van der Waals surface area contributed by atoms with Crippen molar-refractivity contribution >= 4 is 11.0 Å². The van der Waals surface area contributed by atoms with Gasteiger partial charge in [0, 0.05) is 25.0 Å². The van der Waals surface area contributed by atoms with Crippen LogP contribution < -0.4 is 0 Å². The standard InChI is InChI=1S/C19H19N5/c1-12-8-17-19(20-9-12)18(15-10-21-23(4)11-15)22-24(17)16-7-5-6-13(2)14(16)3/h5-11H,1-4H3. The predicted octanol–water partition coefficient (Wildman–Crippen LogP) is 3.75. The first-order valence-corrected chi connectivity index (χ1v) is 7.95. The number of hydrogen-bond donors (Lipinski definition) is 0. The molecule has 3 heterocycles. The highest BCUT2D eigenvalue weighted by Gasteiger charge is 2.17. The molecule has 0 N–H and O–H groups in total. The van der Waals surface area contributed by atoms with Crippen LogP contribution in [0.15, 0.2) is 42.9 Å². The molecule has 0 radical (unpaired) electrons. The largest absolute Gasteiger partial charge is 0.275 e. The van der Waals surface area contributed by atoms with E-state index in [0.29, 0.717) is 0 Å². The molecule has 5 nitrogen and oxygen atoms in total. The lowest BCUT2D eigenvalue weighted by Crippen LogP contribution is -2.00. The van der Waals surface area contributed by atoms with Gasteiger partial charge >= 0.3 is 0 Å². The molecule has 4 rings (SSSR count). The zero-order valence-corrected chi connectivity index (χ0v) is 14.3. The monoisotopic (exact) mass is 317 g/mol. The van der Waals surface area contributed by atoms with E-state index in [1.54, 1.807) is 4.68 Å². The lowest BCUT2D eigenvalue weighted by atomic mass is 10.1. The number of benzene rings is 1. The Bertz CT molecular complexity index is 1050. The molecule has 0 aliphatic rings. The summed E-state index contributed by atoms with van der Waals surface area (Å²) in [4.78, 5) is 4.64. The van der Waals surface area contributed by atoms with Gasteiger partial charge in [-0.2, -0.15) is 10.2 Å². The highest BCUT2D eigenvalue weighted by atomic mass is 15.3. The van der Waals surface area contributed by atoms with Crippen molar-refractivity contribution in [3.8, 4) is 16.9 Å². The van der Waals surface area contributed by atoms with Crippen molar-refractivity contribution in [3.05, 3.63) is 59.5 Å². The number of fused-ring (bicyclic) bond motifs is 1. The van der Waals surface area contributed by atoms with E-state index >= 15 is 0 Å². The van der Waals surface area contributed by atoms with Gasteiger partial charge in [-0.25, -0.2) is 4.68 Å². The van der Waals surface area contributed by atoms with Crippen LogP contribution >= 0.6 is 0 Å². The van der Waals surface area contributed by atoms with Gasteiger partial charge in [0.1, 0.15) is 11.2 Å². The minimum atomic E-state index is 0.860. The van der Waals surface area contributed by atoms with E-state index in [1.165, 1.54) is 11.1 Å².